The maximum atomic E-state index is 12.9. The van der Waals surface area contributed by atoms with Crippen LogP contribution < -0.4 is 10.3 Å². The molecule has 2 aromatic carbocycles. The van der Waals surface area contributed by atoms with Crippen molar-refractivity contribution in [1.29, 1.82) is 0 Å². The molecular formula is C22H20ClN3O4S. The largest absolute Gasteiger partial charge is 0.465 e. The number of ether oxygens (including phenoxy) is 1. The van der Waals surface area contributed by atoms with Gasteiger partial charge in [0, 0.05) is 0 Å². The van der Waals surface area contributed by atoms with Gasteiger partial charge in [-0.2, -0.15) is 5.10 Å². The summed E-state index contributed by atoms with van der Waals surface area (Å²) in [6.45, 7) is 1.60. The second-order valence-electron chi connectivity index (χ2n) is 6.40. The molecule has 3 aromatic rings. The summed E-state index contributed by atoms with van der Waals surface area (Å²) < 4.78 is 5.95. The molecule has 0 bridgehead atoms. The van der Waals surface area contributed by atoms with Crippen molar-refractivity contribution >= 4 is 41.0 Å². The smallest absolute Gasteiger partial charge is 0.326 e. The first-order chi connectivity index (χ1) is 15.0. The van der Waals surface area contributed by atoms with Crippen molar-refractivity contribution in [3.05, 3.63) is 91.5 Å². The van der Waals surface area contributed by atoms with Crippen LogP contribution in [0.4, 0.5) is 0 Å². The van der Waals surface area contributed by atoms with Gasteiger partial charge in [-0.05, 0) is 18.1 Å². The third-order valence-electron chi connectivity index (χ3n) is 4.34. The molecule has 0 saturated carbocycles. The van der Waals surface area contributed by atoms with E-state index in [-0.39, 0.29) is 24.2 Å². The second-order valence-corrected chi connectivity index (χ2v) is 7.75. The summed E-state index contributed by atoms with van der Waals surface area (Å²) in [5.41, 5.74) is 4.17. The van der Waals surface area contributed by atoms with E-state index in [4.69, 9.17) is 16.3 Å². The first-order valence-corrected chi connectivity index (χ1v) is 10.7. The molecule has 0 fully saturated rings. The van der Waals surface area contributed by atoms with Gasteiger partial charge < -0.3 is 4.74 Å². The SMILES string of the molecule is CCOC(=O)Cn1c(Cl)c(/C=N/NC(=O)C(c2ccccc2)c2ccccc2)sc1=O. The van der Waals surface area contributed by atoms with Crippen molar-refractivity contribution in [3.8, 4) is 0 Å². The molecule has 3 rings (SSSR count). The van der Waals surface area contributed by atoms with Crippen molar-refractivity contribution < 1.29 is 14.3 Å². The van der Waals surface area contributed by atoms with Crippen molar-refractivity contribution in [2.24, 2.45) is 5.10 Å². The fourth-order valence-corrected chi connectivity index (χ4v) is 4.06. The number of carbonyl (C=O) groups excluding carboxylic acids is 2. The van der Waals surface area contributed by atoms with Crippen LogP contribution in [0.3, 0.4) is 0 Å². The standard InChI is InChI=1S/C22H20ClN3O4S/c1-2-30-18(27)14-26-20(23)17(31-22(26)29)13-24-25-21(28)19(15-9-5-3-6-10-15)16-11-7-4-8-12-16/h3-13,19H,2,14H2,1H3,(H,25,28)/b24-13+. The van der Waals surface area contributed by atoms with Crippen molar-refractivity contribution in [3.63, 3.8) is 0 Å². The molecule has 160 valence electrons. The third-order valence-corrected chi connectivity index (χ3v) is 5.77. The fourth-order valence-electron chi connectivity index (χ4n) is 2.96. The Bertz CT molecular complexity index is 1090. The Hall–Kier alpha value is -3.23. The average Bonchev–Trinajstić information content (AvgIpc) is 3.03. The van der Waals surface area contributed by atoms with Gasteiger partial charge in [-0.25, -0.2) is 5.43 Å². The molecule has 31 heavy (non-hydrogen) atoms. The number of thiazole rings is 1. The van der Waals surface area contributed by atoms with Crippen LogP contribution in [0.15, 0.2) is 70.6 Å². The Morgan fingerprint density at radius 1 is 1.13 bits per heavy atom. The highest BCUT2D eigenvalue weighted by Crippen LogP contribution is 2.24. The molecule has 1 amide bonds. The molecule has 0 radical (unpaired) electrons. The minimum atomic E-state index is -0.561. The molecule has 0 spiro atoms. The van der Waals surface area contributed by atoms with Crippen LogP contribution in [0.2, 0.25) is 5.15 Å². The topological polar surface area (TPSA) is 89.8 Å². The Kier molecular flexibility index (Phi) is 7.75. The second kappa shape index (κ2) is 10.7. The highest BCUT2D eigenvalue weighted by molar-refractivity contribution is 7.11. The number of aromatic nitrogens is 1. The lowest BCUT2D eigenvalue weighted by molar-refractivity contribution is -0.143. The van der Waals surface area contributed by atoms with E-state index < -0.39 is 16.8 Å². The van der Waals surface area contributed by atoms with Gasteiger partial charge in [-0.3, -0.25) is 19.0 Å². The lowest BCUT2D eigenvalue weighted by Gasteiger charge is -2.16. The Balaban J connectivity index is 1.77. The van der Waals surface area contributed by atoms with E-state index in [0.29, 0.717) is 4.88 Å². The summed E-state index contributed by atoms with van der Waals surface area (Å²) in [6, 6.07) is 18.7. The highest BCUT2D eigenvalue weighted by Gasteiger charge is 2.22. The van der Waals surface area contributed by atoms with E-state index in [0.717, 1.165) is 27.0 Å². The molecular weight excluding hydrogens is 438 g/mol. The molecule has 0 aliphatic carbocycles. The molecule has 1 heterocycles. The number of hydrazone groups is 1. The lowest BCUT2D eigenvalue weighted by Crippen LogP contribution is -2.26. The van der Waals surface area contributed by atoms with Gasteiger partial charge in [0.05, 0.1) is 23.6 Å². The van der Waals surface area contributed by atoms with Crippen LogP contribution in [-0.4, -0.2) is 29.3 Å². The number of esters is 1. The van der Waals surface area contributed by atoms with Gasteiger partial charge in [0.25, 0.3) is 5.91 Å². The Morgan fingerprint density at radius 3 is 2.26 bits per heavy atom. The molecule has 7 nitrogen and oxygen atoms in total. The van der Waals surface area contributed by atoms with E-state index in [9.17, 15) is 14.4 Å². The maximum Gasteiger partial charge on any atom is 0.326 e. The van der Waals surface area contributed by atoms with Crippen LogP contribution in [0.25, 0.3) is 0 Å². The number of nitrogens with zero attached hydrogens (tertiary/aromatic N) is 2. The minimum absolute atomic E-state index is 0.0590. The number of benzene rings is 2. The Labute approximate surface area is 187 Å². The number of carbonyl (C=O) groups is 2. The molecule has 1 N–H and O–H groups in total. The third kappa shape index (κ3) is 5.68. The lowest BCUT2D eigenvalue weighted by atomic mass is 9.91. The van der Waals surface area contributed by atoms with Gasteiger partial charge in [0.2, 0.25) is 0 Å². The molecule has 0 atom stereocenters. The molecule has 0 unspecified atom stereocenters. The number of rotatable bonds is 8. The summed E-state index contributed by atoms with van der Waals surface area (Å²) >= 11 is 7.03. The molecule has 0 aliphatic rings. The minimum Gasteiger partial charge on any atom is -0.465 e. The van der Waals surface area contributed by atoms with Gasteiger partial charge >= 0.3 is 10.8 Å². The number of hydrogen-bond donors (Lipinski definition) is 1. The molecule has 0 saturated heterocycles. The average molecular weight is 458 g/mol. The van der Waals surface area contributed by atoms with Crippen LogP contribution in [0.5, 0.6) is 0 Å². The maximum absolute atomic E-state index is 12.9. The number of amides is 1. The highest BCUT2D eigenvalue weighted by atomic mass is 35.5. The summed E-state index contributed by atoms with van der Waals surface area (Å²) in [5.74, 6) is -1.44. The summed E-state index contributed by atoms with van der Waals surface area (Å²) in [5, 5.41) is 4.04. The summed E-state index contributed by atoms with van der Waals surface area (Å²) in [6.07, 6.45) is 1.29. The van der Waals surface area contributed by atoms with Gasteiger partial charge in [0.1, 0.15) is 11.7 Å². The zero-order valence-electron chi connectivity index (χ0n) is 16.7. The van der Waals surface area contributed by atoms with E-state index in [2.05, 4.69) is 10.5 Å². The first-order valence-electron chi connectivity index (χ1n) is 9.48. The quantitative estimate of drug-likeness (QED) is 0.319. The van der Waals surface area contributed by atoms with Crippen molar-refractivity contribution in [2.75, 3.05) is 6.61 Å². The molecule has 0 aliphatic heterocycles. The van der Waals surface area contributed by atoms with Crippen molar-refractivity contribution in [2.45, 2.75) is 19.4 Å². The van der Waals surface area contributed by atoms with Crippen molar-refractivity contribution in [1.82, 2.24) is 9.99 Å². The van der Waals surface area contributed by atoms with Gasteiger partial charge in [0.15, 0.2) is 0 Å². The van der Waals surface area contributed by atoms with E-state index in [1.54, 1.807) is 6.92 Å². The number of halogens is 1. The number of hydrogen-bond acceptors (Lipinski definition) is 6. The number of nitrogens with one attached hydrogen (secondary N) is 1. The van der Waals surface area contributed by atoms with E-state index in [1.807, 2.05) is 60.7 Å². The first kappa shape index (κ1) is 22.5. The monoisotopic (exact) mass is 457 g/mol. The Morgan fingerprint density at radius 2 is 1.71 bits per heavy atom. The zero-order chi connectivity index (χ0) is 22.2. The fraction of sp³-hybridized carbons (Fsp3) is 0.182. The summed E-state index contributed by atoms with van der Waals surface area (Å²) in [4.78, 5) is 36.6. The van der Waals surface area contributed by atoms with Crippen LogP contribution >= 0.6 is 22.9 Å². The molecule has 1 aromatic heterocycles. The predicted molar refractivity (Wildman–Crippen MR) is 121 cm³/mol. The summed E-state index contributed by atoms with van der Waals surface area (Å²) in [7, 11) is 0. The molecule has 9 heteroatoms. The van der Waals surface area contributed by atoms with Crippen LogP contribution in [-0.2, 0) is 20.9 Å². The predicted octanol–water partition coefficient (Wildman–Crippen LogP) is 3.41. The normalized spacial score (nSPS) is 11.1. The van der Waals surface area contributed by atoms with Gasteiger partial charge in [-0.1, -0.05) is 83.6 Å². The zero-order valence-corrected chi connectivity index (χ0v) is 18.2. The van der Waals surface area contributed by atoms with Crippen LogP contribution in [0, 0.1) is 0 Å². The van der Waals surface area contributed by atoms with E-state index >= 15 is 0 Å². The van der Waals surface area contributed by atoms with Gasteiger partial charge in [-0.15, -0.1) is 0 Å². The van der Waals surface area contributed by atoms with Crippen LogP contribution in [0.1, 0.15) is 28.8 Å². The van der Waals surface area contributed by atoms with E-state index in [1.165, 1.54) is 6.21 Å².